The summed E-state index contributed by atoms with van der Waals surface area (Å²) in [5.74, 6) is 0.977. The van der Waals surface area contributed by atoms with E-state index in [0.29, 0.717) is 6.10 Å². The van der Waals surface area contributed by atoms with Crippen molar-refractivity contribution in [3.63, 3.8) is 0 Å². The number of aryl methyl sites for hydroxylation is 1. The largest absolute Gasteiger partial charge is 0.744 e. The minimum absolute atomic E-state index is 0.0645. The molecule has 0 saturated carbocycles. The first kappa shape index (κ1) is 23.4. The Balaban J connectivity index is 0.000000234. The van der Waals surface area contributed by atoms with Gasteiger partial charge in [0.25, 0.3) is 0 Å². The van der Waals surface area contributed by atoms with Gasteiger partial charge in [-0.1, -0.05) is 42.8 Å². The first-order valence-electron chi connectivity index (χ1n) is 9.27. The number of hydrogen-bond acceptors (Lipinski definition) is 4. The Morgan fingerprint density at radius 1 is 0.897 bits per heavy atom. The lowest BCUT2D eigenvalue weighted by molar-refractivity contribution is -0.597. The zero-order valence-electron chi connectivity index (χ0n) is 16.7. The summed E-state index contributed by atoms with van der Waals surface area (Å²) in [4.78, 5) is -0.178. The van der Waals surface area contributed by atoms with Gasteiger partial charge in [0.1, 0.15) is 15.9 Å². The molecule has 0 aromatic heterocycles. The second-order valence-electron chi connectivity index (χ2n) is 6.45. The third kappa shape index (κ3) is 8.55. The lowest BCUT2D eigenvalue weighted by Crippen LogP contribution is -3.61. The molecule has 6 heteroatoms. The molecular formula is C23H25IO4S. The van der Waals surface area contributed by atoms with E-state index in [9.17, 15) is 13.0 Å². The van der Waals surface area contributed by atoms with Crippen molar-refractivity contribution in [2.75, 3.05) is 0 Å². The Morgan fingerprint density at radius 2 is 1.45 bits per heavy atom. The summed E-state index contributed by atoms with van der Waals surface area (Å²) in [6, 6.07) is 25.0. The van der Waals surface area contributed by atoms with Crippen LogP contribution < -0.4 is 25.9 Å². The van der Waals surface area contributed by atoms with Crippen molar-refractivity contribution in [1.29, 1.82) is 0 Å². The van der Waals surface area contributed by atoms with Crippen molar-refractivity contribution in [2.24, 2.45) is 0 Å². The van der Waals surface area contributed by atoms with Gasteiger partial charge in [-0.2, -0.15) is 0 Å². The minimum atomic E-state index is -4.27. The van der Waals surface area contributed by atoms with Crippen LogP contribution in [0.3, 0.4) is 0 Å². The van der Waals surface area contributed by atoms with Gasteiger partial charge in [0.05, 0.1) is 11.0 Å². The Bertz CT molecular complexity index is 970. The highest BCUT2D eigenvalue weighted by Gasteiger charge is 2.14. The molecular weight excluding hydrogens is 499 g/mol. The third-order valence-corrected chi connectivity index (χ3v) is 7.52. The van der Waals surface area contributed by atoms with E-state index in [4.69, 9.17) is 4.74 Å². The van der Waals surface area contributed by atoms with Crippen molar-refractivity contribution in [3.8, 4) is 5.75 Å². The summed E-state index contributed by atoms with van der Waals surface area (Å²) in [7, 11) is -4.27. The molecule has 0 radical (unpaired) electrons. The Kier molecular flexibility index (Phi) is 9.13. The van der Waals surface area contributed by atoms with Crippen LogP contribution in [0.4, 0.5) is 0 Å². The molecule has 154 valence electrons. The lowest BCUT2D eigenvalue weighted by Gasteiger charge is -2.11. The van der Waals surface area contributed by atoms with E-state index in [0.717, 1.165) is 17.7 Å². The fourth-order valence-corrected chi connectivity index (χ4v) is 4.88. The van der Waals surface area contributed by atoms with Crippen LogP contribution in [0.15, 0.2) is 83.8 Å². The quantitative estimate of drug-likeness (QED) is 0.365. The summed E-state index contributed by atoms with van der Waals surface area (Å²) in [6.45, 7) is 6.06. The van der Waals surface area contributed by atoms with Crippen molar-refractivity contribution in [1.82, 2.24) is 0 Å². The number of rotatable bonds is 6. The van der Waals surface area contributed by atoms with E-state index in [-0.39, 0.29) is 26.1 Å². The zero-order valence-corrected chi connectivity index (χ0v) is 19.7. The SMILES string of the molecule is CCC(C)Oc1ccc([I+]c2ccccc2)cc1.Cc1ccc(S(=O)(=O)[O-])cc1. The Hall–Kier alpha value is -1.90. The van der Waals surface area contributed by atoms with Gasteiger partial charge in [-0.25, -0.2) is 8.42 Å². The number of hydrogen-bond donors (Lipinski definition) is 0. The van der Waals surface area contributed by atoms with E-state index in [2.05, 4.69) is 68.4 Å². The normalized spacial score (nSPS) is 11.9. The van der Waals surface area contributed by atoms with E-state index >= 15 is 0 Å². The molecule has 0 spiro atoms. The van der Waals surface area contributed by atoms with Gasteiger partial charge in [-0.3, -0.25) is 0 Å². The molecule has 0 heterocycles. The second-order valence-corrected chi connectivity index (χ2v) is 10.9. The standard InChI is InChI=1S/C16H18IO.C7H8O3S/c1-3-13(2)18-16-11-9-15(10-12-16)17-14-7-5-4-6-8-14;1-6-2-4-7(5-3-6)11(8,9)10/h4-13H,3H2,1-2H3;2-5H,1H3,(H,8,9,10)/q+1;/p-1. The van der Waals surface area contributed by atoms with Crippen LogP contribution in [0.1, 0.15) is 25.8 Å². The second kappa shape index (κ2) is 11.3. The van der Waals surface area contributed by atoms with Crippen molar-refractivity contribution < 1.29 is 38.9 Å². The molecule has 29 heavy (non-hydrogen) atoms. The molecule has 0 saturated heterocycles. The molecule has 0 N–H and O–H groups in total. The summed E-state index contributed by atoms with van der Waals surface area (Å²) in [5.41, 5.74) is 0.928. The summed E-state index contributed by atoms with van der Waals surface area (Å²) >= 11 is -0.0645. The van der Waals surface area contributed by atoms with Crippen molar-refractivity contribution >= 4 is 10.1 Å². The van der Waals surface area contributed by atoms with Gasteiger partial charge >= 0.3 is 21.2 Å². The van der Waals surface area contributed by atoms with Crippen LogP contribution in [0, 0.1) is 14.1 Å². The lowest BCUT2D eigenvalue weighted by atomic mass is 10.2. The molecule has 0 aliphatic carbocycles. The smallest absolute Gasteiger partial charge is 0.357 e. The monoisotopic (exact) mass is 524 g/mol. The molecule has 0 fully saturated rings. The molecule has 4 nitrogen and oxygen atoms in total. The topological polar surface area (TPSA) is 66.4 Å². The molecule has 0 aliphatic heterocycles. The highest BCUT2D eigenvalue weighted by molar-refractivity contribution is 7.85. The molecule has 1 unspecified atom stereocenters. The van der Waals surface area contributed by atoms with Crippen LogP contribution >= 0.6 is 0 Å². The zero-order chi connectivity index (χ0) is 21.3. The van der Waals surface area contributed by atoms with Crippen LogP contribution in [-0.2, 0) is 10.1 Å². The van der Waals surface area contributed by atoms with Gasteiger partial charge < -0.3 is 9.29 Å². The average Bonchev–Trinajstić information content (AvgIpc) is 2.70. The van der Waals surface area contributed by atoms with Gasteiger partial charge in [-0.05, 0) is 68.8 Å². The Labute approximate surface area is 184 Å². The predicted molar refractivity (Wildman–Crippen MR) is 110 cm³/mol. The molecule has 3 rings (SSSR count). The predicted octanol–water partition coefficient (Wildman–Crippen LogP) is 1.89. The van der Waals surface area contributed by atoms with Crippen LogP contribution in [-0.4, -0.2) is 19.1 Å². The molecule has 0 amide bonds. The van der Waals surface area contributed by atoms with E-state index in [1.165, 1.54) is 19.3 Å². The average molecular weight is 524 g/mol. The summed E-state index contributed by atoms with van der Waals surface area (Å²) < 4.78 is 39.8. The third-order valence-electron chi connectivity index (χ3n) is 3.99. The Morgan fingerprint density at radius 3 is 1.97 bits per heavy atom. The molecule has 0 bridgehead atoms. The molecule has 0 aliphatic rings. The summed E-state index contributed by atoms with van der Waals surface area (Å²) in [6.07, 6.45) is 1.33. The van der Waals surface area contributed by atoms with Crippen LogP contribution in [0.2, 0.25) is 0 Å². The van der Waals surface area contributed by atoms with Crippen molar-refractivity contribution in [3.05, 3.63) is 91.6 Å². The molecule has 3 aromatic carbocycles. The number of benzene rings is 3. The van der Waals surface area contributed by atoms with Crippen LogP contribution in [0.5, 0.6) is 5.75 Å². The van der Waals surface area contributed by atoms with Gasteiger partial charge in [0.2, 0.25) is 0 Å². The maximum Gasteiger partial charge on any atom is 0.357 e. The van der Waals surface area contributed by atoms with E-state index < -0.39 is 10.1 Å². The fourth-order valence-electron chi connectivity index (χ4n) is 2.20. The maximum atomic E-state index is 10.4. The van der Waals surface area contributed by atoms with E-state index in [1.807, 2.05) is 6.92 Å². The molecule has 1 atom stereocenters. The fraction of sp³-hybridized carbons (Fsp3) is 0.217. The highest BCUT2D eigenvalue weighted by atomic mass is 127. The van der Waals surface area contributed by atoms with Gasteiger partial charge in [-0.15, -0.1) is 0 Å². The first-order chi connectivity index (χ1) is 13.8. The highest BCUT2D eigenvalue weighted by Crippen LogP contribution is 2.12. The minimum Gasteiger partial charge on any atom is -0.744 e. The summed E-state index contributed by atoms with van der Waals surface area (Å²) in [5, 5.41) is 0. The number of halogens is 1. The van der Waals surface area contributed by atoms with E-state index in [1.54, 1.807) is 12.1 Å². The van der Waals surface area contributed by atoms with Gasteiger partial charge in [0, 0.05) is 0 Å². The first-order valence-corrected chi connectivity index (χ1v) is 12.8. The van der Waals surface area contributed by atoms with Crippen LogP contribution in [0.25, 0.3) is 0 Å². The van der Waals surface area contributed by atoms with Gasteiger partial charge in [0.15, 0.2) is 7.14 Å². The number of ether oxygens (including phenoxy) is 1. The molecule has 3 aromatic rings. The maximum absolute atomic E-state index is 10.4. The van der Waals surface area contributed by atoms with Crippen molar-refractivity contribution in [2.45, 2.75) is 38.2 Å².